The van der Waals surface area contributed by atoms with Gasteiger partial charge in [0.2, 0.25) is 16.0 Å². The molecule has 2 aromatic carbocycles. The van der Waals surface area contributed by atoms with Gasteiger partial charge in [-0.1, -0.05) is 23.7 Å². The largest absolute Gasteiger partial charge is 0.393 e. The number of amides is 1. The first-order chi connectivity index (χ1) is 18.6. The normalized spacial score (nSPS) is 14.4. The molecule has 0 radical (unpaired) electrons. The van der Waals surface area contributed by atoms with E-state index in [1.165, 1.54) is 6.20 Å². The van der Waals surface area contributed by atoms with Crippen LogP contribution in [-0.4, -0.2) is 64.7 Å². The Labute approximate surface area is 230 Å². The molecule has 5 N–H and O–H groups in total. The first kappa shape index (κ1) is 26.7. The number of sulfonamides is 1. The molecule has 0 saturated carbocycles. The number of rotatable bonds is 7. The fourth-order valence-electron chi connectivity index (χ4n) is 4.57. The van der Waals surface area contributed by atoms with Crippen LogP contribution in [0, 0.1) is 6.92 Å². The van der Waals surface area contributed by atoms with Crippen molar-refractivity contribution in [3.05, 3.63) is 64.9 Å². The summed E-state index contributed by atoms with van der Waals surface area (Å²) in [6, 6.07) is 12.4. The highest BCUT2D eigenvalue weighted by Crippen LogP contribution is 2.31. The van der Waals surface area contributed by atoms with Gasteiger partial charge in [0.15, 0.2) is 5.82 Å². The number of carbonyl (C=O) groups is 1. The third-order valence-electron chi connectivity index (χ3n) is 6.43. The zero-order valence-electron chi connectivity index (χ0n) is 21.3. The lowest BCUT2D eigenvalue weighted by atomic mass is 10.0. The minimum absolute atomic E-state index is 0.0474. The van der Waals surface area contributed by atoms with Crippen LogP contribution in [0.2, 0.25) is 5.02 Å². The molecular formula is C26H28ClN7O4S. The van der Waals surface area contributed by atoms with Gasteiger partial charge < -0.3 is 25.6 Å². The number of aromatic nitrogens is 3. The smallest absolute Gasteiger partial charge is 0.256 e. The highest BCUT2D eigenvalue weighted by molar-refractivity contribution is 7.92. The average Bonchev–Trinajstić information content (AvgIpc) is 3.21. The van der Waals surface area contributed by atoms with Gasteiger partial charge in [0.05, 0.1) is 35.5 Å². The van der Waals surface area contributed by atoms with Crippen LogP contribution in [0.4, 0.5) is 28.8 Å². The number of fused-ring (bicyclic) bond motifs is 1. The number of anilines is 5. The van der Waals surface area contributed by atoms with E-state index in [0.29, 0.717) is 48.6 Å². The van der Waals surface area contributed by atoms with Crippen molar-refractivity contribution in [1.29, 1.82) is 0 Å². The Morgan fingerprint density at radius 1 is 1.13 bits per heavy atom. The van der Waals surface area contributed by atoms with Gasteiger partial charge in [0, 0.05) is 35.4 Å². The van der Waals surface area contributed by atoms with Crippen LogP contribution in [0.25, 0.3) is 10.9 Å². The number of aromatic amines is 1. The van der Waals surface area contributed by atoms with E-state index in [0.717, 1.165) is 22.9 Å². The summed E-state index contributed by atoms with van der Waals surface area (Å²) >= 11 is 6.33. The lowest BCUT2D eigenvalue weighted by Crippen LogP contribution is -2.40. The van der Waals surface area contributed by atoms with Gasteiger partial charge in [0.25, 0.3) is 5.91 Å². The fraction of sp³-hybridized carbons (Fsp3) is 0.269. The van der Waals surface area contributed by atoms with Crippen molar-refractivity contribution in [2.75, 3.05) is 34.7 Å². The summed E-state index contributed by atoms with van der Waals surface area (Å²) in [5.41, 5.74) is 3.70. The molecular weight excluding hydrogens is 542 g/mol. The Kier molecular flexibility index (Phi) is 7.34. The minimum Gasteiger partial charge on any atom is -0.393 e. The molecule has 1 fully saturated rings. The van der Waals surface area contributed by atoms with Gasteiger partial charge in [-0.05, 0) is 50.1 Å². The first-order valence-corrected chi connectivity index (χ1v) is 14.6. The van der Waals surface area contributed by atoms with Crippen molar-refractivity contribution in [2.24, 2.45) is 0 Å². The lowest BCUT2D eigenvalue weighted by Gasteiger charge is -2.29. The number of hydrogen-bond acceptors (Lipinski definition) is 8. The Bertz CT molecular complexity index is 1650. The summed E-state index contributed by atoms with van der Waals surface area (Å²) in [5, 5.41) is 17.1. The number of benzene rings is 2. The van der Waals surface area contributed by atoms with E-state index in [1.807, 2.05) is 25.1 Å². The molecule has 0 unspecified atom stereocenters. The van der Waals surface area contributed by atoms with Crippen molar-refractivity contribution in [3.8, 4) is 0 Å². The van der Waals surface area contributed by atoms with Crippen LogP contribution in [0.1, 0.15) is 28.9 Å². The predicted molar refractivity (Wildman–Crippen MR) is 153 cm³/mol. The quantitative estimate of drug-likeness (QED) is 0.220. The highest BCUT2D eigenvalue weighted by Gasteiger charge is 2.26. The van der Waals surface area contributed by atoms with Crippen molar-refractivity contribution < 1.29 is 18.3 Å². The van der Waals surface area contributed by atoms with Gasteiger partial charge in [-0.15, -0.1) is 0 Å². The molecule has 11 nitrogen and oxygen atoms in total. The average molecular weight is 570 g/mol. The molecule has 13 heteroatoms. The van der Waals surface area contributed by atoms with Crippen molar-refractivity contribution in [3.63, 3.8) is 0 Å². The maximum absolute atomic E-state index is 13.2. The molecule has 2 aromatic heterocycles. The number of likely N-dealkylation sites (tertiary alicyclic amines) is 1. The van der Waals surface area contributed by atoms with Gasteiger partial charge in [-0.2, -0.15) is 4.98 Å². The van der Waals surface area contributed by atoms with Crippen LogP contribution in [-0.2, 0) is 10.0 Å². The number of piperidine rings is 1. The summed E-state index contributed by atoms with van der Waals surface area (Å²) in [6.45, 7) is 2.94. The van der Waals surface area contributed by atoms with Crippen LogP contribution in [0.5, 0.6) is 0 Å². The number of nitrogens with one attached hydrogen (secondary N) is 4. The fourth-order valence-corrected chi connectivity index (χ4v) is 5.28. The third-order valence-corrected chi connectivity index (χ3v) is 7.29. The van der Waals surface area contributed by atoms with Crippen LogP contribution in [0.15, 0.2) is 48.7 Å². The second-order valence-electron chi connectivity index (χ2n) is 9.47. The second-order valence-corrected chi connectivity index (χ2v) is 11.6. The van der Waals surface area contributed by atoms with E-state index in [9.17, 15) is 18.3 Å². The van der Waals surface area contributed by atoms with E-state index in [1.54, 1.807) is 29.2 Å². The molecule has 0 aliphatic carbocycles. The summed E-state index contributed by atoms with van der Waals surface area (Å²) in [6.07, 6.45) is 3.33. The molecule has 1 aliphatic rings. The van der Waals surface area contributed by atoms with Crippen LogP contribution < -0.4 is 15.4 Å². The molecule has 0 spiro atoms. The number of aliphatic hydroxyl groups is 1. The number of aryl methyl sites for hydroxylation is 1. The topological polar surface area (TPSA) is 152 Å². The summed E-state index contributed by atoms with van der Waals surface area (Å²) in [5.74, 6) is 0.503. The Morgan fingerprint density at radius 2 is 1.85 bits per heavy atom. The van der Waals surface area contributed by atoms with Crippen molar-refractivity contribution in [2.45, 2.75) is 25.9 Å². The van der Waals surface area contributed by atoms with Gasteiger partial charge >= 0.3 is 0 Å². The third kappa shape index (κ3) is 6.08. The standard InChI is InChI=1S/C26H28ClN7O4S/c1-15-23(25(36)34-11-9-17(35)10-12-34)18-8-7-16(13-22(18)29-15)30-26-28-14-19(27)24(32-26)31-20-5-3-4-6-21(20)33-39(2,37)38/h3-8,13-14,17,29,33,35H,9-12H2,1-2H3,(H2,28,30,31,32). The molecule has 5 rings (SSSR count). The number of H-pyrrole nitrogens is 1. The maximum Gasteiger partial charge on any atom is 0.256 e. The number of aliphatic hydroxyl groups excluding tert-OH is 1. The van der Waals surface area contributed by atoms with E-state index < -0.39 is 10.0 Å². The SMILES string of the molecule is Cc1[nH]c2cc(Nc3ncc(Cl)c(Nc4ccccc4NS(C)(=O)=O)n3)ccc2c1C(=O)N1CCC(O)CC1. The van der Waals surface area contributed by atoms with Gasteiger partial charge in [-0.25, -0.2) is 13.4 Å². The van der Waals surface area contributed by atoms with Gasteiger partial charge in [-0.3, -0.25) is 9.52 Å². The Morgan fingerprint density at radius 3 is 2.56 bits per heavy atom. The van der Waals surface area contributed by atoms with Crippen molar-refractivity contribution >= 4 is 67.3 Å². The molecule has 4 aromatic rings. The Hall–Kier alpha value is -3.87. The van der Waals surface area contributed by atoms with E-state index in [-0.39, 0.29) is 28.8 Å². The molecule has 3 heterocycles. The number of hydrogen-bond donors (Lipinski definition) is 5. The summed E-state index contributed by atoms with van der Waals surface area (Å²) < 4.78 is 25.9. The highest BCUT2D eigenvalue weighted by atomic mass is 35.5. The molecule has 0 bridgehead atoms. The molecule has 1 saturated heterocycles. The number of carbonyl (C=O) groups excluding carboxylic acids is 1. The van der Waals surface area contributed by atoms with E-state index in [2.05, 4.69) is 30.3 Å². The summed E-state index contributed by atoms with van der Waals surface area (Å²) in [4.78, 5) is 27.0. The number of nitrogens with zero attached hydrogens (tertiary/aromatic N) is 3. The van der Waals surface area contributed by atoms with Gasteiger partial charge in [0.1, 0.15) is 5.02 Å². The summed E-state index contributed by atoms with van der Waals surface area (Å²) in [7, 11) is -3.49. The first-order valence-electron chi connectivity index (χ1n) is 12.3. The molecule has 1 amide bonds. The lowest BCUT2D eigenvalue weighted by molar-refractivity contribution is 0.0547. The molecule has 1 aliphatic heterocycles. The van der Waals surface area contributed by atoms with Crippen molar-refractivity contribution in [1.82, 2.24) is 19.9 Å². The predicted octanol–water partition coefficient (Wildman–Crippen LogP) is 4.38. The maximum atomic E-state index is 13.2. The zero-order chi connectivity index (χ0) is 27.7. The minimum atomic E-state index is -3.49. The Balaban J connectivity index is 1.37. The van der Waals surface area contributed by atoms with E-state index in [4.69, 9.17) is 11.6 Å². The molecule has 39 heavy (non-hydrogen) atoms. The van der Waals surface area contributed by atoms with E-state index >= 15 is 0 Å². The zero-order valence-corrected chi connectivity index (χ0v) is 22.9. The number of halogens is 1. The monoisotopic (exact) mass is 569 g/mol. The molecule has 204 valence electrons. The van der Waals surface area contributed by atoms with Crippen LogP contribution in [0.3, 0.4) is 0 Å². The second kappa shape index (κ2) is 10.7. The molecule has 0 atom stereocenters. The number of para-hydroxylation sites is 2. The van der Waals surface area contributed by atoms with Crippen LogP contribution >= 0.6 is 11.6 Å².